The summed E-state index contributed by atoms with van der Waals surface area (Å²) in [6, 6.07) is 18.3. The Morgan fingerprint density at radius 3 is 2.51 bits per heavy atom. The van der Waals surface area contributed by atoms with E-state index in [1.165, 1.54) is 18.2 Å². The highest BCUT2D eigenvalue weighted by Gasteiger charge is 2.15. The molecule has 0 saturated heterocycles. The summed E-state index contributed by atoms with van der Waals surface area (Å²) in [6.45, 7) is 2.37. The summed E-state index contributed by atoms with van der Waals surface area (Å²) in [5, 5.41) is 21.7. The number of rotatable bonds is 9. The molecule has 0 unspecified atom stereocenters. The van der Waals surface area contributed by atoms with E-state index >= 15 is 0 Å². The minimum atomic E-state index is -1.000. The van der Waals surface area contributed by atoms with Gasteiger partial charge in [0.25, 0.3) is 5.91 Å². The van der Waals surface area contributed by atoms with Crippen molar-refractivity contribution in [3.05, 3.63) is 92.4 Å². The largest absolute Gasteiger partial charge is 0.490 e. The molecule has 2 N–H and O–H groups in total. The van der Waals surface area contributed by atoms with Gasteiger partial charge in [-0.25, -0.2) is 4.79 Å². The van der Waals surface area contributed by atoms with Gasteiger partial charge < -0.3 is 19.9 Å². The second-order valence-corrected chi connectivity index (χ2v) is 8.48. The number of anilines is 1. The summed E-state index contributed by atoms with van der Waals surface area (Å²) >= 11 is 9.42. The monoisotopic (exact) mass is 554 g/mol. The molecule has 3 aromatic rings. The van der Waals surface area contributed by atoms with Crippen molar-refractivity contribution in [2.45, 2.75) is 13.5 Å². The van der Waals surface area contributed by atoms with E-state index in [4.69, 9.17) is 26.2 Å². The molecule has 0 bridgehead atoms. The molecule has 1 amide bonds. The molecule has 0 saturated carbocycles. The van der Waals surface area contributed by atoms with Crippen molar-refractivity contribution in [2.24, 2.45) is 0 Å². The van der Waals surface area contributed by atoms with Crippen molar-refractivity contribution in [1.29, 1.82) is 5.26 Å². The van der Waals surface area contributed by atoms with Crippen molar-refractivity contribution in [1.82, 2.24) is 0 Å². The zero-order chi connectivity index (χ0) is 25.4. The maximum Gasteiger partial charge on any atom is 0.335 e. The van der Waals surface area contributed by atoms with Crippen LogP contribution in [0.2, 0.25) is 5.02 Å². The Hall–Kier alpha value is -3.80. The second-order valence-electron chi connectivity index (χ2n) is 7.19. The molecule has 9 heteroatoms. The Labute approximate surface area is 215 Å². The Kier molecular flexibility index (Phi) is 8.90. The molecule has 0 aliphatic rings. The highest BCUT2D eigenvalue weighted by molar-refractivity contribution is 9.10. The van der Waals surface area contributed by atoms with Crippen LogP contribution in [0.4, 0.5) is 5.69 Å². The maximum atomic E-state index is 12.6. The van der Waals surface area contributed by atoms with Crippen LogP contribution in [0.1, 0.15) is 28.4 Å². The Morgan fingerprint density at radius 1 is 1.14 bits per heavy atom. The summed E-state index contributed by atoms with van der Waals surface area (Å²) in [7, 11) is 0. The molecule has 0 fully saturated rings. The number of carboxylic acid groups (broad SMARTS) is 1. The van der Waals surface area contributed by atoms with Crippen molar-refractivity contribution in [3.8, 4) is 17.6 Å². The predicted molar refractivity (Wildman–Crippen MR) is 137 cm³/mol. The van der Waals surface area contributed by atoms with E-state index in [1.807, 2.05) is 13.0 Å². The number of hydrogen-bond donors (Lipinski definition) is 2. The SMILES string of the molecule is CCOc1cc(/C=C(\C#N)C(=O)Nc2cccc(Cl)c2)cc(Br)c1OCc1ccc(C(=O)O)cc1. The summed E-state index contributed by atoms with van der Waals surface area (Å²) in [5.74, 6) is -0.717. The van der Waals surface area contributed by atoms with Gasteiger partial charge in [-0.2, -0.15) is 5.26 Å². The molecule has 3 aromatic carbocycles. The number of ether oxygens (including phenoxy) is 2. The maximum absolute atomic E-state index is 12.6. The minimum absolute atomic E-state index is 0.105. The van der Waals surface area contributed by atoms with Crippen LogP contribution in [-0.2, 0) is 11.4 Å². The van der Waals surface area contributed by atoms with Crippen LogP contribution >= 0.6 is 27.5 Å². The normalized spacial score (nSPS) is 10.9. The van der Waals surface area contributed by atoms with Gasteiger partial charge in [0, 0.05) is 10.7 Å². The standard InChI is InChI=1S/C26H20BrClN2O5/c1-2-34-23-12-17(10-19(14-29)25(31)30-21-5-3-4-20(28)13-21)11-22(27)24(23)35-15-16-6-8-18(9-7-16)26(32)33/h3-13H,2,15H2,1H3,(H,30,31)(H,32,33)/b19-10+. The first-order valence-electron chi connectivity index (χ1n) is 10.4. The molecule has 0 heterocycles. The van der Waals surface area contributed by atoms with E-state index in [0.29, 0.717) is 38.9 Å². The molecule has 0 aromatic heterocycles. The lowest BCUT2D eigenvalue weighted by molar-refractivity contribution is -0.112. The van der Waals surface area contributed by atoms with Crippen LogP contribution in [-0.4, -0.2) is 23.6 Å². The first-order valence-corrected chi connectivity index (χ1v) is 11.6. The number of carboxylic acids is 1. The number of amides is 1. The number of carbonyl (C=O) groups excluding carboxylic acids is 1. The molecule has 0 aliphatic carbocycles. The highest BCUT2D eigenvalue weighted by atomic mass is 79.9. The molecule has 178 valence electrons. The number of benzene rings is 3. The van der Waals surface area contributed by atoms with Crippen LogP contribution < -0.4 is 14.8 Å². The molecule has 3 rings (SSSR count). The van der Waals surface area contributed by atoms with Crippen LogP contribution in [0.5, 0.6) is 11.5 Å². The lowest BCUT2D eigenvalue weighted by Gasteiger charge is -2.15. The zero-order valence-corrected chi connectivity index (χ0v) is 20.9. The van der Waals surface area contributed by atoms with Gasteiger partial charge in [0.1, 0.15) is 18.2 Å². The zero-order valence-electron chi connectivity index (χ0n) is 18.5. The van der Waals surface area contributed by atoms with Crippen LogP contribution in [0, 0.1) is 11.3 Å². The smallest absolute Gasteiger partial charge is 0.335 e. The molecule has 0 atom stereocenters. The molecule has 7 nitrogen and oxygen atoms in total. The van der Waals surface area contributed by atoms with E-state index in [1.54, 1.807) is 48.5 Å². The lowest BCUT2D eigenvalue weighted by atomic mass is 10.1. The number of carbonyl (C=O) groups is 2. The van der Waals surface area contributed by atoms with Crippen LogP contribution in [0.25, 0.3) is 6.08 Å². The molecular formula is C26H20BrClN2O5. The fourth-order valence-corrected chi connectivity index (χ4v) is 3.82. The summed E-state index contributed by atoms with van der Waals surface area (Å²) in [5.41, 5.74) is 1.88. The third kappa shape index (κ3) is 7.09. The number of nitriles is 1. The highest BCUT2D eigenvalue weighted by Crippen LogP contribution is 2.38. The molecule has 35 heavy (non-hydrogen) atoms. The van der Waals surface area contributed by atoms with Gasteiger partial charge in [0.05, 0.1) is 16.6 Å². The van der Waals surface area contributed by atoms with E-state index in [9.17, 15) is 14.9 Å². The number of nitrogens with one attached hydrogen (secondary N) is 1. The third-order valence-electron chi connectivity index (χ3n) is 4.67. The first kappa shape index (κ1) is 25.8. The Morgan fingerprint density at radius 2 is 1.89 bits per heavy atom. The number of aromatic carboxylic acids is 1. The second kappa shape index (κ2) is 12.1. The molecular weight excluding hydrogens is 536 g/mol. The van der Waals surface area contributed by atoms with E-state index in [0.717, 1.165) is 5.56 Å². The Balaban J connectivity index is 1.82. The van der Waals surface area contributed by atoms with Gasteiger partial charge in [-0.1, -0.05) is 29.8 Å². The van der Waals surface area contributed by atoms with E-state index in [2.05, 4.69) is 21.2 Å². The fourth-order valence-electron chi connectivity index (χ4n) is 3.05. The molecule has 0 aliphatic heterocycles. The number of halogens is 2. The number of nitrogens with zero attached hydrogens (tertiary/aromatic N) is 1. The average Bonchev–Trinajstić information content (AvgIpc) is 2.82. The van der Waals surface area contributed by atoms with Gasteiger partial charge in [0.15, 0.2) is 11.5 Å². The van der Waals surface area contributed by atoms with E-state index in [-0.39, 0.29) is 17.7 Å². The molecule has 0 radical (unpaired) electrons. The topological polar surface area (TPSA) is 109 Å². The van der Waals surface area contributed by atoms with Gasteiger partial charge in [-0.15, -0.1) is 0 Å². The fraction of sp³-hybridized carbons (Fsp3) is 0.115. The first-order chi connectivity index (χ1) is 16.8. The van der Waals surface area contributed by atoms with Crippen molar-refractivity contribution in [3.63, 3.8) is 0 Å². The predicted octanol–water partition coefficient (Wildman–Crippen LogP) is 6.32. The quantitative estimate of drug-likeness (QED) is 0.236. The average molecular weight is 556 g/mol. The van der Waals surface area contributed by atoms with Crippen LogP contribution in [0.15, 0.2) is 70.7 Å². The lowest BCUT2D eigenvalue weighted by Crippen LogP contribution is -2.13. The number of hydrogen-bond acceptors (Lipinski definition) is 5. The Bertz CT molecular complexity index is 1320. The van der Waals surface area contributed by atoms with Gasteiger partial charge in [-0.3, -0.25) is 4.79 Å². The van der Waals surface area contributed by atoms with E-state index < -0.39 is 11.9 Å². The van der Waals surface area contributed by atoms with Crippen molar-refractivity contribution < 1.29 is 24.2 Å². The molecule has 0 spiro atoms. The van der Waals surface area contributed by atoms with Gasteiger partial charge in [0.2, 0.25) is 0 Å². The minimum Gasteiger partial charge on any atom is -0.490 e. The van der Waals surface area contributed by atoms with Crippen molar-refractivity contribution >= 4 is 51.2 Å². The van der Waals surface area contributed by atoms with Gasteiger partial charge in [-0.05, 0) is 82.5 Å². The summed E-state index contributed by atoms with van der Waals surface area (Å²) in [4.78, 5) is 23.6. The summed E-state index contributed by atoms with van der Waals surface area (Å²) < 4.78 is 12.2. The third-order valence-corrected chi connectivity index (χ3v) is 5.50. The van der Waals surface area contributed by atoms with Gasteiger partial charge >= 0.3 is 5.97 Å². The van der Waals surface area contributed by atoms with Crippen LogP contribution in [0.3, 0.4) is 0 Å². The van der Waals surface area contributed by atoms with Crippen molar-refractivity contribution in [2.75, 3.05) is 11.9 Å². The summed E-state index contributed by atoms with van der Waals surface area (Å²) in [6.07, 6.45) is 1.45.